The van der Waals surface area contributed by atoms with Crippen molar-refractivity contribution < 1.29 is 9.52 Å². The number of hydrogen-bond acceptors (Lipinski definition) is 2. The molecule has 14 heavy (non-hydrogen) atoms. The molecular formula is C12H12O2. The lowest BCUT2D eigenvalue weighted by atomic mass is 10.0. The summed E-state index contributed by atoms with van der Waals surface area (Å²) in [5, 5.41) is 10.0. The third-order valence-electron chi connectivity index (χ3n) is 2.31. The lowest BCUT2D eigenvalue weighted by molar-refractivity contribution is 0.218. The van der Waals surface area contributed by atoms with E-state index in [0.29, 0.717) is 0 Å². The molecule has 1 aromatic carbocycles. The molecule has 1 N–H and O–H groups in total. The van der Waals surface area contributed by atoms with Crippen LogP contribution < -0.4 is 0 Å². The van der Waals surface area contributed by atoms with Crippen LogP contribution in [0.1, 0.15) is 23.0 Å². The molecule has 0 aliphatic rings. The number of rotatable bonds is 2. The monoisotopic (exact) mass is 188 g/mol. The average molecular weight is 188 g/mol. The van der Waals surface area contributed by atoms with Gasteiger partial charge in [-0.15, -0.1) is 0 Å². The van der Waals surface area contributed by atoms with Crippen molar-refractivity contribution in [1.29, 1.82) is 0 Å². The van der Waals surface area contributed by atoms with Crippen LogP contribution in [-0.4, -0.2) is 5.11 Å². The van der Waals surface area contributed by atoms with Gasteiger partial charge in [0.05, 0.1) is 6.26 Å². The Hall–Kier alpha value is -1.54. The van der Waals surface area contributed by atoms with E-state index >= 15 is 0 Å². The summed E-state index contributed by atoms with van der Waals surface area (Å²) in [4.78, 5) is 0. The first-order valence-electron chi connectivity index (χ1n) is 4.56. The predicted octanol–water partition coefficient (Wildman–Crippen LogP) is 2.67. The van der Waals surface area contributed by atoms with Gasteiger partial charge >= 0.3 is 0 Å². The standard InChI is InChI=1S/C12H12O2/c1-9-11(7-8-14-9)12(13)10-5-3-2-4-6-10/h2-8,12-13H,1H3. The van der Waals surface area contributed by atoms with Gasteiger partial charge in [0.25, 0.3) is 0 Å². The van der Waals surface area contributed by atoms with Crippen LogP contribution in [0.4, 0.5) is 0 Å². The Morgan fingerprint density at radius 3 is 2.43 bits per heavy atom. The molecule has 0 fully saturated rings. The lowest BCUT2D eigenvalue weighted by Gasteiger charge is -2.09. The zero-order chi connectivity index (χ0) is 9.97. The molecule has 1 atom stereocenters. The summed E-state index contributed by atoms with van der Waals surface area (Å²) in [6.07, 6.45) is 1.01. The van der Waals surface area contributed by atoms with Crippen molar-refractivity contribution >= 4 is 0 Å². The lowest BCUT2D eigenvalue weighted by Crippen LogP contribution is -1.98. The molecule has 1 unspecified atom stereocenters. The summed E-state index contributed by atoms with van der Waals surface area (Å²) >= 11 is 0. The van der Waals surface area contributed by atoms with Crippen molar-refractivity contribution in [1.82, 2.24) is 0 Å². The van der Waals surface area contributed by atoms with Crippen molar-refractivity contribution in [3.05, 3.63) is 59.5 Å². The maximum absolute atomic E-state index is 10.0. The maximum atomic E-state index is 10.0. The molecule has 72 valence electrons. The molecule has 0 radical (unpaired) electrons. The van der Waals surface area contributed by atoms with Crippen LogP contribution in [0.3, 0.4) is 0 Å². The molecule has 0 amide bonds. The topological polar surface area (TPSA) is 33.4 Å². The highest BCUT2D eigenvalue weighted by atomic mass is 16.3. The van der Waals surface area contributed by atoms with Gasteiger partial charge in [-0.3, -0.25) is 0 Å². The van der Waals surface area contributed by atoms with E-state index in [9.17, 15) is 5.11 Å². The van der Waals surface area contributed by atoms with E-state index in [1.807, 2.05) is 37.3 Å². The summed E-state index contributed by atoms with van der Waals surface area (Å²) in [5.41, 5.74) is 1.72. The summed E-state index contributed by atoms with van der Waals surface area (Å²) in [7, 11) is 0. The first-order valence-corrected chi connectivity index (χ1v) is 4.56. The normalized spacial score (nSPS) is 12.7. The van der Waals surface area contributed by atoms with E-state index in [4.69, 9.17) is 4.42 Å². The molecule has 0 saturated carbocycles. The smallest absolute Gasteiger partial charge is 0.107 e. The van der Waals surface area contributed by atoms with Gasteiger partial charge in [-0.1, -0.05) is 30.3 Å². The molecule has 2 nitrogen and oxygen atoms in total. The second kappa shape index (κ2) is 3.68. The SMILES string of the molecule is Cc1occc1C(O)c1ccccc1. The Kier molecular flexibility index (Phi) is 2.37. The van der Waals surface area contributed by atoms with E-state index in [1.54, 1.807) is 12.3 Å². The van der Waals surface area contributed by atoms with E-state index in [0.717, 1.165) is 16.9 Å². The molecule has 0 aliphatic heterocycles. The second-order valence-electron chi connectivity index (χ2n) is 3.25. The second-order valence-corrected chi connectivity index (χ2v) is 3.25. The maximum Gasteiger partial charge on any atom is 0.107 e. The Morgan fingerprint density at radius 1 is 1.14 bits per heavy atom. The molecule has 2 aromatic rings. The molecule has 2 heteroatoms. The minimum absolute atomic E-state index is 0.588. The van der Waals surface area contributed by atoms with Gasteiger partial charge < -0.3 is 9.52 Å². The van der Waals surface area contributed by atoms with Crippen LogP contribution in [0.15, 0.2) is 47.1 Å². The number of benzene rings is 1. The van der Waals surface area contributed by atoms with Crippen molar-refractivity contribution in [2.75, 3.05) is 0 Å². The van der Waals surface area contributed by atoms with Crippen LogP contribution in [0.25, 0.3) is 0 Å². The average Bonchev–Trinajstić information content (AvgIpc) is 2.65. The molecule has 1 aromatic heterocycles. The zero-order valence-corrected chi connectivity index (χ0v) is 7.97. The highest BCUT2D eigenvalue weighted by Gasteiger charge is 2.13. The quantitative estimate of drug-likeness (QED) is 0.786. The van der Waals surface area contributed by atoms with E-state index in [-0.39, 0.29) is 0 Å². The fourth-order valence-electron chi connectivity index (χ4n) is 1.49. The zero-order valence-electron chi connectivity index (χ0n) is 7.97. The van der Waals surface area contributed by atoms with E-state index in [2.05, 4.69) is 0 Å². The Balaban J connectivity index is 2.34. The third-order valence-corrected chi connectivity index (χ3v) is 2.31. The summed E-state index contributed by atoms with van der Waals surface area (Å²) in [6.45, 7) is 1.85. The number of aliphatic hydroxyl groups is 1. The van der Waals surface area contributed by atoms with Gasteiger partial charge in [0.15, 0.2) is 0 Å². The molecule has 0 aliphatic carbocycles. The van der Waals surface area contributed by atoms with Crippen LogP contribution >= 0.6 is 0 Å². The predicted molar refractivity (Wildman–Crippen MR) is 53.9 cm³/mol. The third kappa shape index (κ3) is 1.56. The Labute approximate surface area is 82.8 Å². The molecule has 0 spiro atoms. The van der Waals surface area contributed by atoms with Gasteiger partial charge in [-0.25, -0.2) is 0 Å². The van der Waals surface area contributed by atoms with Crippen LogP contribution in [0, 0.1) is 6.92 Å². The minimum atomic E-state index is -0.588. The van der Waals surface area contributed by atoms with Crippen molar-refractivity contribution in [3.63, 3.8) is 0 Å². The molecule has 0 saturated heterocycles. The van der Waals surface area contributed by atoms with Gasteiger partial charge in [0.1, 0.15) is 11.9 Å². The van der Waals surface area contributed by atoms with E-state index < -0.39 is 6.10 Å². The highest BCUT2D eigenvalue weighted by Crippen LogP contribution is 2.24. The van der Waals surface area contributed by atoms with Gasteiger partial charge in [0.2, 0.25) is 0 Å². The fraction of sp³-hybridized carbons (Fsp3) is 0.167. The summed E-state index contributed by atoms with van der Waals surface area (Å²) < 4.78 is 5.15. The van der Waals surface area contributed by atoms with E-state index in [1.165, 1.54) is 0 Å². The van der Waals surface area contributed by atoms with Gasteiger partial charge in [-0.05, 0) is 18.6 Å². The number of aryl methyl sites for hydroxylation is 1. The molecule has 1 heterocycles. The van der Waals surface area contributed by atoms with Crippen molar-refractivity contribution in [3.8, 4) is 0 Å². The number of furan rings is 1. The van der Waals surface area contributed by atoms with Crippen LogP contribution in [-0.2, 0) is 0 Å². The Morgan fingerprint density at radius 2 is 1.86 bits per heavy atom. The summed E-state index contributed by atoms with van der Waals surface area (Å²) in [5.74, 6) is 0.765. The van der Waals surface area contributed by atoms with Crippen molar-refractivity contribution in [2.45, 2.75) is 13.0 Å². The highest BCUT2D eigenvalue weighted by molar-refractivity contribution is 5.30. The number of hydrogen-bond donors (Lipinski definition) is 1. The van der Waals surface area contributed by atoms with Crippen molar-refractivity contribution in [2.24, 2.45) is 0 Å². The van der Waals surface area contributed by atoms with Gasteiger partial charge in [0, 0.05) is 5.56 Å². The van der Waals surface area contributed by atoms with Crippen LogP contribution in [0.2, 0.25) is 0 Å². The van der Waals surface area contributed by atoms with Crippen LogP contribution in [0.5, 0.6) is 0 Å². The molecule has 0 bridgehead atoms. The van der Waals surface area contributed by atoms with Gasteiger partial charge in [-0.2, -0.15) is 0 Å². The molecular weight excluding hydrogens is 176 g/mol. The Bertz CT molecular complexity index is 403. The largest absolute Gasteiger partial charge is 0.469 e. The molecule has 2 rings (SSSR count). The first kappa shape index (κ1) is 9.03. The minimum Gasteiger partial charge on any atom is -0.469 e. The first-order chi connectivity index (χ1) is 6.79. The summed E-state index contributed by atoms with van der Waals surface area (Å²) in [6, 6.07) is 11.3. The number of aliphatic hydroxyl groups excluding tert-OH is 1. The fourth-order valence-corrected chi connectivity index (χ4v) is 1.49.